The molecule has 5 nitrogen and oxygen atoms in total. The van der Waals surface area contributed by atoms with E-state index >= 15 is 0 Å². The minimum absolute atomic E-state index is 0.324. The maximum absolute atomic E-state index is 13.3. The molecule has 0 saturated carbocycles. The van der Waals surface area contributed by atoms with Gasteiger partial charge in [-0.2, -0.15) is 4.98 Å². The van der Waals surface area contributed by atoms with Crippen LogP contribution in [0.15, 0.2) is 57.9 Å². The number of aromatic nitrogens is 3. The second kappa shape index (κ2) is 5.44. The van der Waals surface area contributed by atoms with Crippen molar-refractivity contribution in [1.82, 2.24) is 14.0 Å². The predicted molar refractivity (Wildman–Crippen MR) is 84.9 cm³/mol. The lowest BCUT2D eigenvalue weighted by Gasteiger charge is -1.93. The van der Waals surface area contributed by atoms with Crippen LogP contribution in [-0.2, 0) is 0 Å². The first-order chi connectivity index (χ1) is 11.2. The van der Waals surface area contributed by atoms with E-state index in [1.165, 1.54) is 33.1 Å². The van der Waals surface area contributed by atoms with E-state index in [1.54, 1.807) is 12.1 Å². The maximum Gasteiger partial charge on any atom is 0.337 e. The van der Waals surface area contributed by atoms with Crippen molar-refractivity contribution in [3.63, 3.8) is 0 Å². The molecule has 0 N–H and O–H groups in total. The number of halogens is 1. The second-order valence-corrected chi connectivity index (χ2v) is 5.90. The van der Waals surface area contributed by atoms with Gasteiger partial charge in [-0.05, 0) is 37.3 Å². The Hall–Kier alpha value is -2.80. The van der Waals surface area contributed by atoms with Crippen LogP contribution in [0.2, 0.25) is 0 Å². The highest BCUT2D eigenvalue weighted by Crippen LogP contribution is 2.20. The third-order valence-electron chi connectivity index (χ3n) is 3.22. The van der Waals surface area contributed by atoms with E-state index in [-0.39, 0.29) is 5.82 Å². The molecule has 0 fully saturated rings. The van der Waals surface area contributed by atoms with Gasteiger partial charge in [-0.25, -0.2) is 9.38 Å². The van der Waals surface area contributed by atoms with E-state index in [1.807, 2.05) is 31.2 Å². The molecule has 0 aliphatic rings. The number of hydrogen-bond donors (Lipinski definition) is 0. The largest absolute Gasteiger partial charge is 0.402 e. The summed E-state index contributed by atoms with van der Waals surface area (Å²) in [6, 6.07) is 13.9. The van der Waals surface area contributed by atoms with Crippen molar-refractivity contribution < 1.29 is 8.81 Å². The average molecular weight is 326 g/mol. The Bertz CT molecular complexity index is 1010. The SMILES string of the molecule is Cc1ccc(N=c2nc3oc(-c4cccc(F)c4)nn3s2)cc1. The molecule has 0 bridgehead atoms. The summed E-state index contributed by atoms with van der Waals surface area (Å²) in [6.07, 6.45) is 0. The zero-order valence-corrected chi connectivity index (χ0v) is 12.9. The summed E-state index contributed by atoms with van der Waals surface area (Å²) in [7, 11) is 0. The van der Waals surface area contributed by atoms with Crippen molar-refractivity contribution >= 4 is 23.1 Å². The molecule has 0 atom stereocenters. The lowest BCUT2D eigenvalue weighted by molar-refractivity contribution is 0.599. The lowest BCUT2D eigenvalue weighted by Crippen LogP contribution is -1.95. The van der Waals surface area contributed by atoms with E-state index < -0.39 is 0 Å². The van der Waals surface area contributed by atoms with Gasteiger partial charge in [-0.15, -0.1) is 9.00 Å². The van der Waals surface area contributed by atoms with Crippen LogP contribution in [0.1, 0.15) is 5.56 Å². The van der Waals surface area contributed by atoms with Gasteiger partial charge in [0.15, 0.2) is 0 Å². The Balaban J connectivity index is 1.73. The van der Waals surface area contributed by atoms with Crippen LogP contribution in [0, 0.1) is 12.7 Å². The quantitative estimate of drug-likeness (QED) is 0.564. The standard InChI is InChI=1S/C16H11FN4OS/c1-10-5-7-13(8-6-10)18-15-19-16-21(23-15)20-14(22-16)11-3-2-4-12(17)9-11/h2-9H,1H3. The molecular formula is C16H11FN4OS. The lowest BCUT2D eigenvalue weighted by atomic mass is 10.2. The van der Waals surface area contributed by atoms with Crippen LogP contribution in [0.25, 0.3) is 17.3 Å². The average Bonchev–Trinajstić information content (AvgIpc) is 3.08. The fourth-order valence-electron chi connectivity index (χ4n) is 2.09. The molecule has 0 spiro atoms. The summed E-state index contributed by atoms with van der Waals surface area (Å²) in [4.78, 5) is 9.27. The molecule has 2 aromatic carbocycles. The molecule has 2 heterocycles. The molecule has 0 amide bonds. The summed E-state index contributed by atoms with van der Waals surface area (Å²) in [5.74, 6) is 0.322. The van der Waals surface area contributed by atoms with E-state index in [9.17, 15) is 4.39 Å². The van der Waals surface area contributed by atoms with Gasteiger partial charge in [0.05, 0.1) is 5.69 Å². The van der Waals surface area contributed by atoms with Gasteiger partial charge in [0.2, 0.25) is 10.7 Å². The summed E-state index contributed by atoms with van der Waals surface area (Å²) >= 11 is 1.26. The zero-order valence-electron chi connectivity index (χ0n) is 12.1. The van der Waals surface area contributed by atoms with E-state index in [4.69, 9.17) is 4.42 Å². The monoisotopic (exact) mass is 326 g/mol. The van der Waals surface area contributed by atoms with Crippen molar-refractivity contribution in [2.75, 3.05) is 0 Å². The summed E-state index contributed by atoms with van der Waals surface area (Å²) in [6.45, 7) is 2.02. The summed E-state index contributed by atoms with van der Waals surface area (Å²) in [5.41, 5.74) is 2.56. The molecule has 0 unspecified atom stereocenters. The first kappa shape index (κ1) is 13.8. The number of aryl methyl sites for hydroxylation is 1. The zero-order chi connectivity index (χ0) is 15.8. The Morgan fingerprint density at radius 2 is 2.00 bits per heavy atom. The van der Waals surface area contributed by atoms with Crippen molar-refractivity contribution in [2.24, 2.45) is 4.99 Å². The van der Waals surface area contributed by atoms with Gasteiger partial charge in [0, 0.05) is 17.1 Å². The van der Waals surface area contributed by atoms with Crippen LogP contribution in [0.5, 0.6) is 0 Å². The van der Waals surface area contributed by atoms with Gasteiger partial charge in [0.1, 0.15) is 5.82 Å². The molecule has 0 saturated heterocycles. The Kier molecular flexibility index (Phi) is 3.27. The topological polar surface area (TPSA) is 55.7 Å². The normalized spacial score (nSPS) is 12.2. The molecule has 4 aromatic rings. The van der Waals surface area contributed by atoms with E-state index in [0.29, 0.717) is 22.1 Å². The maximum atomic E-state index is 13.3. The van der Waals surface area contributed by atoms with Crippen LogP contribution >= 0.6 is 11.5 Å². The molecule has 0 aliphatic carbocycles. The smallest absolute Gasteiger partial charge is 0.337 e. The molecule has 7 heteroatoms. The van der Waals surface area contributed by atoms with Gasteiger partial charge in [-0.3, -0.25) is 0 Å². The predicted octanol–water partition coefficient (Wildman–Crippen LogP) is 3.73. The van der Waals surface area contributed by atoms with Gasteiger partial charge < -0.3 is 4.42 Å². The summed E-state index contributed by atoms with van der Waals surface area (Å²) in [5, 5.41) is 4.28. The van der Waals surface area contributed by atoms with Gasteiger partial charge in [0.25, 0.3) is 0 Å². The fourth-order valence-corrected chi connectivity index (χ4v) is 2.78. The molecule has 0 radical (unpaired) electrons. The van der Waals surface area contributed by atoms with Crippen LogP contribution in [0.4, 0.5) is 10.1 Å². The molecule has 4 rings (SSSR count). The van der Waals surface area contributed by atoms with Crippen LogP contribution in [0.3, 0.4) is 0 Å². The number of fused-ring (bicyclic) bond motifs is 1. The Labute approximate surface area is 134 Å². The number of hydrogen-bond acceptors (Lipinski definition) is 5. The fraction of sp³-hybridized carbons (Fsp3) is 0.0625. The summed E-state index contributed by atoms with van der Waals surface area (Å²) < 4.78 is 20.4. The van der Waals surface area contributed by atoms with Crippen molar-refractivity contribution in [3.8, 4) is 11.5 Å². The highest BCUT2D eigenvalue weighted by molar-refractivity contribution is 7.03. The molecule has 23 heavy (non-hydrogen) atoms. The van der Waals surface area contributed by atoms with Gasteiger partial charge >= 0.3 is 5.84 Å². The highest BCUT2D eigenvalue weighted by atomic mass is 32.1. The van der Waals surface area contributed by atoms with E-state index in [0.717, 1.165) is 5.69 Å². The van der Waals surface area contributed by atoms with Crippen molar-refractivity contribution in [3.05, 3.63) is 64.7 Å². The molecular weight excluding hydrogens is 315 g/mol. The second-order valence-electron chi connectivity index (χ2n) is 5.01. The van der Waals surface area contributed by atoms with Crippen molar-refractivity contribution in [2.45, 2.75) is 6.92 Å². The first-order valence-corrected chi connectivity index (χ1v) is 7.69. The number of nitrogens with zero attached hydrogens (tertiary/aromatic N) is 4. The van der Waals surface area contributed by atoms with Gasteiger partial charge in [-0.1, -0.05) is 23.8 Å². The third-order valence-corrected chi connectivity index (χ3v) is 3.98. The Morgan fingerprint density at radius 3 is 2.74 bits per heavy atom. The van der Waals surface area contributed by atoms with E-state index in [2.05, 4.69) is 15.1 Å². The van der Waals surface area contributed by atoms with Crippen LogP contribution in [-0.4, -0.2) is 14.0 Å². The first-order valence-electron chi connectivity index (χ1n) is 6.92. The third kappa shape index (κ3) is 2.78. The molecule has 114 valence electrons. The minimum Gasteiger partial charge on any atom is -0.402 e. The molecule has 2 aromatic heterocycles. The number of benzene rings is 2. The minimum atomic E-state index is -0.336. The number of rotatable bonds is 2. The van der Waals surface area contributed by atoms with Crippen molar-refractivity contribution in [1.29, 1.82) is 0 Å². The van der Waals surface area contributed by atoms with Crippen LogP contribution < -0.4 is 4.80 Å². The Morgan fingerprint density at radius 1 is 1.17 bits per heavy atom. The highest BCUT2D eigenvalue weighted by Gasteiger charge is 2.11. The molecule has 0 aliphatic heterocycles.